The average Bonchev–Trinajstić information content (AvgIpc) is 3.09. The highest BCUT2D eigenvalue weighted by Crippen LogP contribution is 2.34. The lowest BCUT2D eigenvalue weighted by atomic mass is 9.95. The molecule has 0 aliphatic carbocycles. The molecule has 0 bridgehead atoms. The molecule has 8 heteroatoms. The van der Waals surface area contributed by atoms with Gasteiger partial charge < -0.3 is 18.9 Å². The maximum absolute atomic E-state index is 12.9. The Labute approximate surface area is 208 Å². The van der Waals surface area contributed by atoms with E-state index < -0.39 is 0 Å². The van der Waals surface area contributed by atoms with E-state index in [9.17, 15) is 4.79 Å². The van der Waals surface area contributed by atoms with Crippen molar-refractivity contribution >= 4 is 28.3 Å². The van der Waals surface area contributed by atoms with Gasteiger partial charge in [-0.15, -0.1) is 22.0 Å². The lowest BCUT2D eigenvalue weighted by Gasteiger charge is -2.15. The van der Waals surface area contributed by atoms with E-state index in [1.54, 1.807) is 46.6 Å². The van der Waals surface area contributed by atoms with Crippen molar-refractivity contribution in [1.82, 2.24) is 0 Å². The van der Waals surface area contributed by atoms with E-state index >= 15 is 0 Å². The van der Waals surface area contributed by atoms with Gasteiger partial charge in [-0.1, -0.05) is 30.3 Å². The summed E-state index contributed by atoms with van der Waals surface area (Å²) >= 11 is 1.37. The predicted molar refractivity (Wildman–Crippen MR) is 139 cm³/mol. The Hall–Kier alpha value is -3.78. The molecule has 0 saturated heterocycles. The number of methoxy groups -OCH3 is 4. The van der Waals surface area contributed by atoms with Crippen LogP contribution in [0, 0.1) is 0 Å². The van der Waals surface area contributed by atoms with Crippen molar-refractivity contribution in [3.63, 3.8) is 0 Å². The molecule has 0 radical (unpaired) electrons. The summed E-state index contributed by atoms with van der Waals surface area (Å²) in [6.45, 7) is 0. The monoisotopic (exact) mass is 490 g/mol. The van der Waals surface area contributed by atoms with Crippen molar-refractivity contribution in [3.05, 3.63) is 82.9 Å². The van der Waals surface area contributed by atoms with Gasteiger partial charge in [-0.25, -0.2) is 0 Å². The van der Waals surface area contributed by atoms with Gasteiger partial charge in [-0.05, 0) is 35.9 Å². The summed E-state index contributed by atoms with van der Waals surface area (Å²) in [4.78, 5) is 12.9. The van der Waals surface area contributed by atoms with Crippen molar-refractivity contribution in [1.29, 1.82) is 0 Å². The quantitative estimate of drug-likeness (QED) is 0.412. The molecule has 180 valence electrons. The van der Waals surface area contributed by atoms with Crippen molar-refractivity contribution in [2.75, 3.05) is 34.2 Å². The average molecular weight is 491 g/mol. The smallest absolute Gasteiger partial charge is 0.173 e. The minimum absolute atomic E-state index is 0.0392. The Bertz CT molecular complexity index is 1290. The molecular formula is C27H26N2O5S. The number of carbonyl (C=O) groups is 1. The summed E-state index contributed by atoms with van der Waals surface area (Å²) in [5.74, 6) is 2.52. The van der Waals surface area contributed by atoms with Gasteiger partial charge in [0.2, 0.25) is 0 Å². The molecule has 4 rings (SSSR count). The second-order valence-electron chi connectivity index (χ2n) is 7.63. The lowest BCUT2D eigenvalue weighted by Crippen LogP contribution is -2.09. The number of hydrogen-bond acceptors (Lipinski definition) is 8. The molecule has 1 aliphatic heterocycles. The van der Waals surface area contributed by atoms with E-state index in [4.69, 9.17) is 18.9 Å². The van der Waals surface area contributed by atoms with Gasteiger partial charge >= 0.3 is 0 Å². The number of fused-ring (bicyclic) bond motifs is 1. The molecule has 0 amide bonds. The molecule has 0 unspecified atom stereocenters. The molecule has 1 aliphatic rings. The van der Waals surface area contributed by atoms with E-state index in [1.165, 1.54) is 11.8 Å². The number of rotatable bonds is 8. The first kappa shape index (κ1) is 24.3. The van der Waals surface area contributed by atoms with Crippen LogP contribution in [-0.2, 0) is 6.42 Å². The SMILES string of the molecule is COc1ccc(C(=O)CSC2=NN=C(c3ccccc3)c3cc(OC)c(OC)cc3C2)cc1OC. The minimum atomic E-state index is -0.0392. The van der Waals surface area contributed by atoms with Crippen LogP contribution in [0.25, 0.3) is 0 Å². The first-order valence-electron chi connectivity index (χ1n) is 10.9. The third kappa shape index (κ3) is 5.33. The predicted octanol–water partition coefficient (Wildman–Crippen LogP) is 5.04. The summed E-state index contributed by atoms with van der Waals surface area (Å²) in [5, 5.41) is 9.84. The van der Waals surface area contributed by atoms with Crippen molar-refractivity contribution in [2.24, 2.45) is 10.2 Å². The van der Waals surface area contributed by atoms with Crippen molar-refractivity contribution in [3.8, 4) is 23.0 Å². The first-order chi connectivity index (χ1) is 17.1. The van der Waals surface area contributed by atoms with Crippen LogP contribution in [0.2, 0.25) is 0 Å². The van der Waals surface area contributed by atoms with E-state index in [0.29, 0.717) is 35.0 Å². The van der Waals surface area contributed by atoms with Gasteiger partial charge in [0.15, 0.2) is 28.8 Å². The highest BCUT2D eigenvalue weighted by atomic mass is 32.2. The fraction of sp³-hybridized carbons (Fsp3) is 0.222. The number of ketones is 1. The molecule has 0 fully saturated rings. The maximum Gasteiger partial charge on any atom is 0.173 e. The summed E-state index contributed by atoms with van der Waals surface area (Å²) in [6.07, 6.45) is 0.513. The zero-order valence-corrected chi connectivity index (χ0v) is 20.8. The molecule has 0 atom stereocenters. The van der Waals surface area contributed by atoms with Gasteiger partial charge in [0.05, 0.1) is 34.2 Å². The molecule has 35 heavy (non-hydrogen) atoms. The number of carbonyl (C=O) groups excluding carboxylic acids is 1. The van der Waals surface area contributed by atoms with Gasteiger partial charge in [0.1, 0.15) is 10.8 Å². The Balaban J connectivity index is 1.63. The Morgan fingerprint density at radius 1 is 0.800 bits per heavy atom. The van der Waals surface area contributed by atoms with Crippen LogP contribution in [0.5, 0.6) is 23.0 Å². The van der Waals surface area contributed by atoms with Crippen LogP contribution in [0.15, 0.2) is 70.9 Å². The second-order valence-corrected chi connectivity index (χ2v) is 8.68. The Morgan fingerprint density at radius 3 is 2.14 bits per heavy atom. The topological polar surface area (TPSA) is 78.7 Å². The second kappa shape index (κ2) is 11.1. The molecule has 0 aromatic heterocycles. The third-order valence-electron chi connectivity index (χ3n) is 5.59. The number of thioether (sulfide) groups is 1. The summed E-state index contributed by atoms with van der Waals surface area (Å²) in [7, 11) is 6.33. The fourth-order valence-corrected chi connectivity index (χ4v) is 4.60. The van der Waals surface area contributed by atoms with Gasteiger partial charge in [0, 0.05) is 23.1 Å². The standard InChI is InChI=1S/C27H26N2O5S/c1-31-22-11-10-18(12-23(22)32-2)21(30)16-35-26-14-19-13-24(33-3)25(34-4)15-20(19)27(29-28-26)17-8-6-5-7-9-17/h5-13,15H,14,16H2,1-4H3. The molecule has 1 heterocycles. The first-order valence-corrected chi connectivity index (χ1v) is 11.9. The number of benzene rings is 3. The molecule has 7 nitrogen and oxygen atoms in total. The third-order valence-corrected chi connectivity index (χ3v) is 6.56. The molecule has 0 N–H and O–H groups in total. The maximum atomic E-state index is 12.9. The van der Waals surface area contributed by atoms with E-state index in [2.05, 4.69) is 10.2 Å². The minimum Gasteiger partial charge on any atom is -0.493 e. The van der Waals surface area contributed by atoms with Crippen LogP contribution in [0.1, 0.15) is 27.0 Å². The van der Waals surface area contributed by atoms with Gasteiger partial charge in [-0.2, -0.15) is 0 Å². The Kier molecular flexibility index (Phi) is 7.72. The highest BCUT2D eigenvalue weighted by molar-refractivity contribution is 8.14. The van der Waals surface area contributed by atoms with E-state index in [1.807, 2.05) is 42.5 Å². The molecule has 0 spiro atoms. The normalized spacial score (nSPS) is 12.6. The van der Waals surface area contributed by atoms with Crippen LogP contribution in [-0.4, -0.2) is 50.7 Å². The summed E-state index contributed by atoms with van der Waals surface area (Å²) in [5.41, 5.74) is 4.14. The van der Waals surface area contributed by atoms with E-state index in [0.717, 1.165) is 27.4 Å². The van der Waals surface area contributed by atoms with Crippen molar-refractivity contribution in [2.45, 2.75) is 6.42 Å². The fourth-order valence-electron chi connectivity index (χ4n) is 3.78. The van der Waals surface area contributed by atoms with Crippen molar-refractivity contribution < 1.29 is 23.7 Å². The molecular weight excluding hydrogens is 464 g/mol. The number of ether oxygens (including phenoxy) is 4. The highest BCUT2D eigenvalue weighted by Gasteiger charge is 2.22. The zero-order chi connectivity index (χ0) is 24.8. The van der Waals surface area contributed by atoms with Gasteiger partial charge in [-0.3, -0.25) is 4.79 Å². The number of nitrogens with zero attached hydrogens (tertiary/aromatic N) is 2. The van der Waals surface area contributed by atoms with Crippen LogP contribution in [0.3, 0.4) is 0 Å². The van der Waals surface area contributed by atoms with Crippen LogP contribution < -0.4 is 18.9 Å². The molecule has 3 aromatic rings. The van der Waals surface area contributed by atoms with Crippen LogP contribution >= 0.6 is 11.8 Å². The molecule has 3 aromatic carbocycles. The summed E-state index contributed by atoms with van der Waals surface area (Å²) < 4.78 is 21.6. The number of Topliss-reactive ketones (excluding diaryl/α,β-unsaturated/α-hetero) is 1. The molecule has 0 saturated carbocycles. The zero-order valence-electron chi connectivity index (χ0n) is 20.0. The van der Waals surface area contributed by atoms with Gasteiger partial charge in [0.25, 0.3) is 0 Å². The lowest BCUT2D eigenvalue weighted by molar-refractivity contribution is 0.102. The Morgan fingerprint density at radius 2 is 1.46 bits per heavy atom. The van der Waals surface area contributed by atoms with Crippen LogP contribution in [0.4, 0.5) is 0 Å². The summed E-state index contributed by atoms with van der Waals surface area (Å²) in [6, 6.07) is 18.9. The number of hydrogen-bond donors (Lipinski definition) is 0. The largest absolute Gasteiger partial charge is 0.493 e. The van der Waals surface area contributed by atoms with E-state index in [-0.39, 0.29) is 11.5 Å².